The monoisotopic (exact) mass is 279 g/mol. The molecule has 104 valence electrons. The Balaban J connectivity index is 1.97. The molecule has 0 fully saturated rings. The molecular weight excluding hydrogens is 266 g/mol. The molecule has 2 aromatic carbocycles. The van der Waals surface area contributed by atoms with Crippen molar-refractivity contribution in [2.75, 3.05) is 5.32 Å². The predicted octanol–water partition coefficient (Wildman–Crippen LogP) is 2.90. The first-order valence-corrected chi connectivity index (χ1v) is 6.46. The Hall–Kier alpha value is -2.95. The van der Waals surface area contributed by atoms with Crippen LogP contribution in [-0.4, -0.2) is 21.0 Å². The van der Waals surface area contributed by atoms with Gasteiger partial charge in [0.15, 0.2) is 0 Å². The van der Waals surface area contributed by atoms with E-state index in [0.717, 1.165) is 5.56 Å². The third kappa shape index (κ3) is 2.53. The topological polar surface area (TPSA) is 75.1 Å². The molecule has 5 nitrogen and oxygen atoms in total. The number of phenolic OH excluding ortho intramolecular Hbond substituents is 1. The van der Waals surface area contributed by atoms with Crippen molar-refractivity contribution in [3.63, 3.8) is 0 Å². The fourth-order valence-corrected chi connectivity index (χ4v) is 2.15. The number of anilines is 1. The van der Waals surface area contributed by atoms with Crippen LogP contribution in [0.2, 0.25) is 0 Å². The lowest BCUT2D eigenvalue weighted by Crippen LogP contribution is -2.13. The zero-order chi connectivity index (χ0) is 14.8. The largest absolute Gasteiger partial charge is 0.508 e. The molecule has 5 heteroatoms. The number of amides is 1. The summed E-state index contributed by atoms with van der Waals surface area (Å²) in [5.41, 5.74) is 3.14. The number of para-hydroxylation sites is 1. The molecule has 0 aliphatic rings. The van der Waals surface area contributed by atoms with E-state index in [-0.39, 0.29) is 11.7 Å². The van der Waals surface area contributed by atoms with Crippen molar-refractivity contribution in [3.05, 3.63) is 59.9 Å². The van der Waals surface area contributed by atoms with E-state index in [9.17, 15) is 9.90 Å². The highest BCUT2D eigenvalue weighted by molar-refractivity contribution is 6.11. The number of benzene rings is 2. The Morgan fingerprint density at radius 3 is 2.76 bits per heavy atom. The number of phenols is 1. The fourth-order valence-electron chi connectivity index (χ4n) is 2.15. The zero-order valence-electron chi connectivity index (χ0n) is 11.4. The van der Waals surface area contributed by atoms with Crippen LogP contribution in [0.5, 0.6) is 5.75 Å². The molecule has 0 saturated carbocycles. The lowest BCUT2D eigenvalue weighted by molar-refractivity contribution is 0.102. The number of aryl methyl sites for hydroxylation is 1. The number of nitrogens with one attached hydrogen (secondary N) is 1. The number of nitrogens with zero attached hydrogens (tertiary/aromatic N) is 2. The number of aromatic hydroxyl groups is 1. The van der Waals surface area contributed by atoms with Gasteiger partial charge in [-0.05, 0) is 42.8 Å². The molecule has 0 atom stereocenters. The molecule has 3 aromatic rings. The van der Waals surface area contributed by atoms with Crippen LogP contribution in [0.3, 0.4) is 0 Å². The van der Waals surface area contributed by atoms with Crippen LogP contribution in [0.1, 0.15) is 15.9 Å². The summed E-state index contributed by atoms with van der Waals surface area (Å²) in [6, 6.07) is 10.1. The van der Waals surface area contributed by atoms with Gasteiger partial charge in [-0.3, -0.25) is 14.8 Å². The van der Waals surface area contributed by atoms with E-state index < -0.39 is 0 Å². The maximum absolute atomic E-state index is 12.4. The molecule has 3 rings (SSSR count). The lowest BCUT2D eigenvalue weighted by Gasteiger charge is -2.09. The normalized spacial score (nSPS) is 10.5. The van der Waals surface area contributed by atoms with Crippen LogP contribution in [0, 0.1) is 6.92 Å². The highest BCUT2D eigenvalue weighted by Crippen LogP contribution is 2.22. The number of carbonyl (C=O) groups is 1. The first-order valence-electron chi connectivity index (χ1n) is 6.46. The third-order valence-electron chi connectivity index (χ3n) is 3.20. The molecule has 0 aliphatic carbocycles. The number of hydrogen-bond acceptors (Lipinski definition) is 4. The quantitative estimate of drug-likeness (QED) is 0.707. The number of carbonyl (C=O) groups excluding carboxylic acids is 1. The zero-order valence-corrected chi connectivity index (χ0v) is 11.4. The van der Waals surface area contributed by atoms with E-state index in [0.29, 0.717) is 22.3 Å². The highest BCUT2D eigenvalue weighted by atomic mass is 16.3. The third-order valence-corrected chi connectivity index (χ3v) is 3.20. The van der Waals surface area contributed by atoms with Crippen molar-refractivity contribution < 1.29 is 9.90 Å². The van der Waals surface area contributed by atoms with Gasteiger partial charge in [0.2, 0.25) is 0 Å². The Bertz CT molecular complexity index is 825. The molecule has 1 aromatic heterocycles. The number of rotatable bonds is 2. The van der Waals surface area contributed by atoms with E-state index in [1.807, 2.05) is 13.0 Å². The predicted molar refractivity (Wildman–Crippen MR) is 80.3 cm³/mol. The van der Waals surface area contributed by atoms with Crippen molar-refractivity contribution in [3.8, 4) is 5.75 Å². The maximum atomic E-state index is 12.4. The van der Waals surface area contributed by atoms with Crippen LogP contribution in [-0.2, 0) is 0 Å². The van der Waals surface area contributed by atoms with E-state index in [2.05, 4.69) is 15.3 Å². The number of fused-ring (bicyclic) bond motifs is 1. The van der Waals surface area contributed by atoms with Gasteiger partial charge in [-0.25, -0.2) is 0 Å². The summed E-state index contributed by atoms with van der Waals surface area (Å²) >= 11 is 0. The van der Waals surface area contributed by atoms with E-state index >= 15 is 0 Å². The van der Waals surface area contributed by atoms with Gasteiger partial charge in [0.25, 0.3) is 5.91 Å². The molecule has 0 aliphatic heterocycles. The first-order chi connectivity index (χ1) is 10.1. The molecule has 0 unspecified atom stereocenters. The van der Waals surface area contributed by atoms with Gasteiger partial charge >= 0.3 is 0 Å². The van der Waals surface area contributed by atoms with Crippen molar-refractivity contribution in [2.24, 2.45) is 0 Å². The molecule has 0 spiro atoms. The van der Waals surface area contributed by atoms with Gasteiger partial charge in [0.05, 0.1) is 11.1 Å². The van der Waals surface area contributed by atoms with E-state index in [4.69, 9.17) is 0 Å². The van der Waals surface area contributed by atoms with Gasteiger partial charge < -0.3 is 10.4 Å². The molecular formula is C16H13N3O2. The fraction of sp³-hybridized carbons (Fsp3) is 0.0625. The average Bonchev–Trinajstić information content (AvgIpc) is 2.49. The minimum Gasteiger partial charge on any atom is -0.508 e. The van der Waals surface area contributed by atoms with Crippen molar-refractivity contribution >= 4 is 22.6 Å². The summed E-state index contributed by atoms with van der Waals surface area (Å²) in [7, 11) is 0. The van der Waals surface area contributed by atoms with Crippen molar-refractivity contribution in [1.82, 2.24) is 9.97 Å². The lowest BCUT2D eigenvalue weighted by atomic mass is 10.1. The van der Waals surface area contributed by atoms with Gasteiger partial charge in [-0.1, -0.05) is 6.07 Å². The Labute approximate surface area is 121 Å². The summed E-state index contributed by atoms with van der Waals surface area (Å²) in [5.74, 6) is -0.0867. The van der Waals surface area contributed by atoms with Crippen LogP contribution in [0.4, 0.5) is 5.69 Å². The Kier molecular flexibility index (Phi) is 3.23. The highest BCUT2D eigenvalue weighted by Gasteiger charge is 2.12. The summed E-state index contributed by atoms with van der Waals surface area (Å²) in [6.07, 6.45) is 3.15. The van der Waals surface area contributed by atoms with Crippen LogP contribution in [0.15, 0.2) is 48.8 Å². The van der Waals surface area contributed by atoms with Gasteiger partial charge in [-0.2, -0.15) is 0 Å². The van der Waals surface area contributed by atoms with Crippen LogP contribution >= 0.6 is 0 Å². The second-order valence-electron chi connectivity index (χ2n) is 4.68. The van der Waals surface area contributed by atoms with E-state index in [1.165, 1.54) is 6.07 Å². The molecule has 1 amide bonds. The van der Waals surface area contributed by atoms with Gasteiger partial charge in [0.1, 0.15) is 11.3 Å². The van der Waals surface area contributed by atoms with E-state index in [1.54, 1.807) is 36.7 Å². The maximum Gasteiger partial charge on any atom is 0.257 e. The van der Waals surface area contributed by atoms with Gasteiger partial charge in [-0.15, -0.1) is 0 Å². The summed E-state index contributed by atoms with van der Waals surface area (Å²) < 4.78 is 0. The molecule has 0 radical (unpaired) electrons. The molecule has 1 heterocycles. The Morgan fingerprint density at radius 2 is 1.95 bits per heavy atom. The van der Waals surface area contributed by atoms with Crippen molar-refractivity contribution in [1.29, 1.82) is 0 Å². The van der Waals surface area contributed by atoms with Crippen molar-refractivity contribution in [2.45, 2.75) is 6.92 Å². The minimum atomic E-state index is -0.255. The molecule has 0 bridgehead atoms. The SMILES string of the molecule is Cc1cc(O)ccc1NC(=O)c1cccc2nccnc12. The molecule has 2 N–H and O–H groups in total. The van der Waals surface area contributed by atoms with Gasteiger partial charge in [0, 0.05) is 18.1 Å². The minimum absolute atomic E-state index is 0.168. The number of hydrogen-bond donors (Lipinski definition) is 2. The standard InChI is InChI=1S/C16H13N3O2/c1-10-9-11(20)5-6-13(10)19-16(21)12-3-2-4-14-15(12)18-8-7-17-14/h2-9,20H,1H3,(H,19,21). The second kappa shape index (κ2) is 5.20. The van der Waals surface area contributed by atoms with Crippen LogP contribution < -0.4 is 5.32 Å². The first kappa shape index (κ1) is 13.1. The summed E-state index contributed by atoms with van der Waals surface area (Å²) in [4.78, 5) is 20.8. The molecule has 0 saturated heterocycles. The van der Waals surface area contributed by atoms with Crippen LogP contribution in [0.25, 0.3) is 11.0 Å². The average molecular weight is 279 g/mol. The number of aromatic nitrogens is 2. The summed E-state index contributed by atoms with van der Waals surface area (Å²) in [6.45, 7) is 1.82. The second-order valence-corrected chi connectivity index (χ2v) is 4.68. The molecule has 21 heavy (non-hydrogen) atoms. The smallest absolute Gasteiger partial charge is 0.257 e. The summed E-state index contributed by atoms with van der Waals surface area (Å²) in [5, 5.41) is 12.2. The Morgan fingerprint density at radius 1 is 1.14 bits per heavy atom.